The van der Waals surface area contributed by atoms with Crippen molar-refractivity contribution in [2.45, 2.75) is 19.3 Å². The summed E-state index contributed by atoms with van der Waals surface area (Å²) in [5, 5.41) is 10.7. The molecule has 0 radical (unpaired) electrons. The van der Waals surface area contributed by atoms with Crippen LogP contribution in [0.3, 0.4) is 0 Å². The molecule has 0 fully saturated rings. The number of hydrogen-bond donors (Lipinski definition) is 1. The summed E-state index contributed by atoms with van der Waals surface area (Å²) < 4.78 is 21.5. The van der Waals surface area contributed by atoms with Crippen molar-refractivity contribution in [3.05, 3.63) is 41.0 Å². The second-order valence-corrected chi connectivity index (χ2v) is 6.34. The molecular weight excluding hydrogens is 346 g/mol. The molecule has 0 spiro atoms. The highest BCUT2D eigenvalue weighted by molar-refractivity contribution is 6.07. The van der Waals surface area contributed by atoms with Gasteiger partial charge in [0.15, 0.2) is 23.0 Å². The van der Waals surface area contributed by atoms with Gasteiger partial charge in [-0.25, -0.2) is 0 Å². The van der Waals surface area contributed by atoms with E-state index in [4.69, 9.17) is 23.9 Å². The van der Waals surface area contributed by atoms with Crippen molar-refractivity contribution in [1.82, 2.24) is 0 Å². The zero-order chi connectivity index (χ0) is 19.6. The highest BCUT2D eigenvalue weighted by atomic mass is 16.5. The Bertz CT molecular complexity index is 875. The van der Waals surface area contributed by atoms with Crippen molar-refractivity contribution in [2.75, 3.05) is 35.0 Å². The molecule has 0 unspecified atom stereocenters. The average molecular weight is 371 g/mol. The minimum atomic E-state index is -0.137. The van der Waals surface area contributed by atoms with Crippen LogP contribution < -0.4 is 18.9 Å². The van der Waals surface area contributed by atoms with Crippen LogP contribution in [0.5, 0.6) is 28.7 Å². The topological polar surface area (TPSA) is 69.5 Å². The van der Waals surface area contributed by atoms with Gasteiger partial charge in [-0.15, -0.1) is 0 Å². The molecule has 0 aliphatic carbocycles. The molecule has 1 atom stereocenters. The second kappa shape index (κ2) is 7.78. The summed E-state index contributed by atoms with van der Waals surface area (Å²) in [6.45, 7) is 2.71. The van der Waals surface area contributed by atoms with Crippen LogP contribution in [0.15, 0.2) is 29.3 Å². The number of phenolic OH excluding ortho intramolecular Hbond substituents is 1. The van der Waals surface area contributed by atoms with Crippen LogP contribution in [0.25, 0.3) is 0 Å². The van der Waals surface area contributed by atoms with Crippen LogP contribution in [0.4, 0.5) is 0 Å². The molecule has 1 aliphatic heterocycles. The molecule has 6 heteroatoms. The predicted octanol–water partition coefficient (Wildman–Crippen LogP) is 3.58. The predicted molar refractivity (Wildman–Crippen MR) is 104 cm³/mol. The summed E-state index contributed by atoms with van der Waals surface area (Å²) in [7, 11) is 6.30. The van der Waals surface area contributed by atoms with E-state index in [0.717, 1.165) is 28.8 Å². The van der Waals surface area contributed by atoms with Crippen molar-refractivity contribution in [3.63, 3.8) is 0 Å². The third kappa shape index (κ3) is 3.27. The van der Waals surface area contributed by atoms with E-state index in [2.05, 4.69) is 0 Å². The Balaban J connectivity index is 2.07. The summed E-state index contributed by atoms with van der Waals surface area (Å²) >= 11 is 0. The maximum absolute atomic E-state index is 10.7. The molecule has 0 amide bonds. The number of nitrogens with zero attached hydrogens (tertiary/aromatic N) is 1. The zero-order valence-electron chi connectivity index (χ0n) is 16.3. The molecule has 2 aromatic rings. The van der Waals surface area contributed by atoms with E-state index in [-0.39, 0.29) is 11.7 Å². The van der Waals surface area contributed by atoms with Gasteiger partial charge < -0.3 is 24.1 Å². The smallest absolute Gasteiger partial charge is 0.203 e. The van der Waals surface area contributed by atoms with E-state index in [9.17, 15) is 5.11 Å². The first kappa shape index (κ1) is 18.9. The van der Waals surface area contributed by atoms with Gasteiger partial charge in [0, 0.05) is 29.3 Å². The van der Waals surface area contributed by atoms with Gasteiger partial charge in [-0.2, -0.15) is 0 Å². The number of ether oxygens (including phenoxy) is 4. The van der Waals surface area contributed by atoms with Crippen molar-refractivity contribution >= 4 is 5.71 Å². The van der Waals surface area contributed by atoms with Crippen LogP contribution in [0.1, 0.15) is 29.5 Å². The number of hydrogen-bond acceptors (Lipinski definition) is 6. The van der Waals surface area contributed by atoms with E-state index < -0.39 is 0 Å². The van der Waals surface area contributed by atoms with Crippen LogP contribution in [0.2, 0.25) is 0 Å². The van der Waals surface area contributed by atoms with Gasteiger partial charge in [-0.3, -0.25) is 4.99 Å². The molecule has 6 nitrogen and oxygen atoms in total. The first-order valence-electron chi connectivity index (χ1n) is 8.79. The number of rotatable bonds is 6. The molecule has 0 aromatic heterocycles. The summed E-state index contributed by atoms with van der Waals surface area (Å²) in [6.07, 6.45) is 0.837. The summed E-state index contributed by atoms with van der Waals surface area (Å²) in [6, 6.07) is 7.60. The Kier molecular flexibility index (Phi) is 5.44. The van der Waals surface area contributed by atoms with Gasteiger partial charge in [-0.05, 0) is 30.2 Å². The second-order valence-electron chi connectivity index (χ2n) is 6.34. The van der Waals surface area contributed by atoms with Crippen LogP contribution >= 0.6 is 0 Å². The normalized spacial score (nSPS) is 14.0. The molecule has 1 N–H and O–H groups in total. The fourth-order valence-electron chi connectivity index (χ4n) is 3.54. The van der Waals surface area contributed by atoms with Crippen molar-refractivity contribution < 1.29 is 24.1 Å². The van der Waals surface area contributed by atoms with Gasteiger partial charge in [0.05, 0.1) is 28.4 Å². The summed E-state index contributed by atoms with van der Waals surface area (Å²) in [4.78, 5) is 4.75. The summed E-state index contributed by atoms with van der Waals surface area (Å²) in [5.74, 6) is 2.12. The van der Waals surface area contributed by atoms with Gasteiger partial charge >= 0.3 is 0 Å². The largest absolute Gasteiger partial charge is 0.504 e. The molecule has 1 heterocycles. The molecular formula is C21H25NO5. The molecule has 144 valence electrons. The molecule has 3 rings (SSSR count). The lowest BCUT2D eigenvalue weighted by atomic mass is 9.86. The number of benzene rings is 2. The lowest BCUT2D eigenvalue weighted by molar-refractivity contribution is 0.331. The quantitative estimate of drug-likeness (QED) is 0.841. The molecule has 1 aliphatic rings. The van der Waals surface area contributed by atoms with Gasteiger partial charge in [-0.1, -0.05) is 13.0 Å². The van der Waals surface area contributed by atoms with E-state index >= 15 is 0 Å². The zero-order valence-corrected chi connectivity index (χ0v) is 16.3. The average Bonchev–Trinajstić information content (AvgIpc) is 2.71. The van der Waals surface area contributed by atoms with E-state index in [1.54, 1.807) is 27.4 Å². The van der Waals surface area contributed by atoms with Gasteiger partial charge in [0.1, 0.15) is 0 Å². The number of aliphatic imine (C=N–C) groups is 1. The maximum Gasteiger partial charge on any atom is 0.203 e. The Morgan fingerprint density at radius 2 is 1.59 bits per heavy atom. The number of aromatic hydroxyl groups is 1. The van der Waals surface area contributed by atoms with Crippen LogP contribution in [-0.4, -0.2) is 45.8 Å². The lowest BCUT2D eigenvalue weighted by Crippen LogP contribution is -2.19. The van der Waals surface area contributed by atoms with E-state index in [1.807, 2.05) is 25.1 Å². The van der Waals surface area contributed by atoms with E-state index in [1.165, 1.54) is 7.11 Å². The maximum atomic E-state index is 10.7. The highest BCUT2D eigenvalue weighted by Gasteiger charge is 2.26. The van der Waals surface area contributed by atoms with Gasteiger partial charge in [0.25, 0.3) is 0 Å². The molecule has 0 saturated heterocycles. The minimum absolute atomic E-state index is 0.0691. The summed E-state index contributed by atoms with van der Waals surface area (Å²) in [5.41, 5.74) is 3.80. The first-order valence-corrected chi connectivity index (χ1v) is 8.79. The van der Waals surface area contributed by atoms with Crippen LogP contribution in [-0.2, 0) is 6.42 Å². The SMILES string of the molecule is COc1cc2c(cc1OC)C([C@@H](C)c1ccc(OC)c(OC)c1O)=NCC2. The highest BCUT2D eigenvalue weighted by Crippen LogP contribution is 2.43. The molecule has 0 saturated carbocycles. The van der Waals surface area contributed by atoms with Crippen molar-refractivity contribution in [1.29, 1.82) is 0 Å². The number of methoxy groups -OCH3 is 4. The Morgan fingerprint density at radius 1 is 0.926 bits per heavy atom. The standard InChI is InChI=1S/C21H25NO5/c1-12(14-6-7-16(24-2)21(27-5)20(14)23)19-15-11-18(26-4)17(25-3)10-13(15)8-9-22-19/h6-7,10-12,23H,8-9H2,1-5H3/t12-/m0/s1. The fraction of sp³-hybridized carbons (Fsp3) is 0.381. The monoisotopic (exact) mass is 371 g/mol. The van der Waals surface area contributed by atoms with Gasteiger partial charge in [0.2, 0.25) is 5.75 Å². The Morgan fingerprint density at radius 3 is 2.22 bits per heavy atom. The van der Waals surface area contributed by atoms with E-state index in [0.29, 0.717) is 29.5 Å². The fourth-order valence-corrected chi connectivity index (χ4v) is 3.54. The third-order valence-corrected chi connectivity index (χ3v) is 4.98. The molecule has 27 heavy (non-hydrogen) atoms. The minimum Gasteiger partial charge on any atom is -0.504 e. The Labute approximate surface area is 159 Å². The van der Waals surface area contributed by atoms with Crippen molar-refractivity contribution in [2.24, 2.45) is 4.99 Å². The Hall–Kier alpha value is -2.89. The number of phenols is 1. The number of fused-ring (bicyclic) bond motifs is 1. The van der Waals surface area contributed by atoms with Crippen molar-refractivity contribution in [3.8, 4) is 28.7 Å². The first-order chi connectivity index (χ1) is 13.0. The lowest BCUT2D eigenvalue weighted by Gasteiger charge is -2.25. The molecule has 0 bridgehead atoms. The molecule has 2 aromatic carbocycles. The third-order valence-electron chi connectivity index (χ3n) is 4.98. The van der Waals surface area contributed by atoms with Crippen LogP contribution in [0, 0.1) is 0 Å².